The van der Waals surface area contributed by atoms with E-state index in [2.05, 4.69) is 5.32 Å². The van der Waals surface area contributed by atoms with E-state index in [1.165, 1.54) is 0 Å². The van der Waals surface area contributed by atoms with Gasteiger partial charge in [0.05, 0.1) is 0 Å². The van der Waals surface area contributed by atoms with Gasteiger partial charge in [0.1, 0.15) is 0 Å². The Bertz CT molecular complexity index is 237. The zero-order valence-corrected chi connectivity index (χ0v) is 6.22. The fraction of sp³-hybridized carbons (Fsp3) is 0.400. The van der Waals surface area contributed by atoms with Crippen LogP contribution in [0.2, 0.25) is 0 Å². The zero-order valence-electron chi connectivity index (χ0n) is 5.40. The molecule has 0 aromatic rings. The molecule has 3 N–H and O–H groups in total. The van der Waals surface area contributed by atoms with Crippen molar-refractivity contribution in [2.75, 3.05) is 5.88 Å². The molecule has 1 aliphatic rings. The normalized spacial score (nSPS) is 22.9. The molecular formula is C5H6NO4S+. The van der Waals surface area contributed by atoms with Gasteiger partial charge < -0.3 is 10.2 Å². The maximum Gasteiger partial charge on any atom is 0.392 e. The minimum Gasteiger partial charge on any atom is -0.480 e. The van der Waals surface area contributed by atoms with Gasteiger partial charge in [-0.25, -0.2) is 14.9 Å². The van der Waals surface area contributed by atoms with Crippen molar-refractivity contribution in [1.29, 1.82) is 0 Å². The number of aliphatic carboxylic acids is 2. The number of carbonyl (C=O) groups is 2. The Balaban J connectivity index is 2.79. The van der Waals surface area contributed by atoms with Crippen LogP contribution >= 0.6 is 0 Å². The monoisotopic (exact) mass is 176 g/mol. The number of nitrogens with one attached hydrogen (secondary N) is 1. The Labute approximate surface area is 66.0 Å². The van der Waals surface area contributed by atoms with Gasteiger partial charge in [-0.1, -0.05) is 0 Å². The molecule has 1 heterocycles. The van der Waals surface area contributed by atoms with Crippen LogP contribution in [-0.2, 0) is 20.9 Å². The molecule has 0 radical (unpaired) electrons. The van der Waals surface area contributed by atoms with E-state index in [0.29, 0.717) is 5.88 Å². The molecule has 0 saturated heterocycles. The van der Waals surface area contributed by atoms with Gasteiger partial charge in [0.15, 0.2) is 6.04 Å². The summed E-state index contributed by atoms with van der Waals surface area (Å²) in [5.74, 6) is -1.96. The molecule has 1 aliphatic heterocycles. The highest BCUT2D eigenvalue weighted by Gasteiger charge is 2.41. The Kier molecular flexibility index (Phi) is 2.16. The standard InChI is InChI=1S/C5H5NO4S/c7-4(8)2-3(5(9)10)11-1-6-2/h2,6H,1H2,(H-,7,8,9,10)/p+1. The number of hydrogen-bond donors (Lipinski definition) is 3. The molecule has 1 unspecified atom stereocenters. The molecule has 0 aromatic carbocycles. The Hall–Kier alpha value is -1.01. The topological polar surface area (TPSA) is 86.6 Å². The van der Waals surface area contributed by atoms with Crippen molar-refractivity contribution < 1.29 is 19.8 Å². The Morgan fingerprint density at radius 2 is 2.18 bits per heavy atom. The summed E-state index contributed by atoms with van der Waals surface area (Å²) in [6, 6.07) is -1.03. The van der Waals surface area contributed by atoms with Crippen molar-refractivity contribution in [2.24, 2.45) is 0 Å². The van der Waals surface area contributed by atoms with Crippen LogP contribution in [-0.4, -0.2) is 38.9 Å². The minimum atomic E-state index is -1.16. The van der Waals surface area contributed by atoms with Crippen molar-refractivity contribution in [1.82, 2.24) is 5.32 Å². The van der Waals surface area contributed by atoms with Crippen LogP contribution in [0.15, 0.2) is 0 Å². The largest absolute Gasteiger partial charge is 0.480 e. The zero-order chi connectivity index (χ0) is 8.43. The third-order valence-corrected chi connectivity index (χ3v) is 2.27. The number of carboxylic acids is 2. The summed E-state index contributed by atoms with van der Waals surface area (Å²) in [7, 11) is 0. The lowest BCUT2D eigenvalue weighted by Gasteiger charge is -1.97. The van der Waals surface area contributed by atoms with E-state index in [1.807, 2.05) is 0 Å². The van der Waals surface area contributed by atoms with E-state index in [1.54, 1.807) is 0 Å². The summed E-state index contributed by atoms with van der Waals surface area (Å²) in [6.45, 7) is 0. The first-order chi connectivity index (χ1) is 5.13. The van der Waals surface area contributed by atoms with Gasteiger partial charge in [-0.2, -0.15) is 0 Å². The Morgan fingerprint density at radius 1 is 1.55 bits per heavy atom. The lowest BCUT2D eigenvalue weighted by Crippen LogP contribution is -2.41. The van der Waals surface area contributed by atoms with Crippen LogP contribution in [0.3, 0.4) is 0 Å². The fourth-order valence-corrected chi connectivity index (χ4v) is 1.64. The molecule has 5 nitrogen and oxygen atoms in total. The predicted octanol–water partition coefficient (Wildman–Crippen LogP) is -1.66. The quantitative estimate of drug-likeness (QED) is 0.346. The first-order valence-electron chi connectivity index (χ1n) is 2.82. The van der Waals surface area contributed by atoms with Crippen molar-refractivity contribution >= 4 is 28.2 Å². The third-order valence-electron chi connectivity index (χ3n) is 1.24. The molecule has 0 bridgehead atoms. The average Bonchev–Trinajstić information content (AvgIpc) is 2.32. The molecule has 0 amide bonds. The summed E-state index contributed by atoms with van der Waals surface area (Å²) < 4.78 is 0. The number of carboxylic acid groups (broad SMARTS) is 2. The second-order valence-corrected chi connectivity index (χ2v) is 2.95. The molecule has 1 rings (SSSR count). The van der Waals surface area contributed by atoms with Crippen LogP contribution in [0.1, 0.15) is 0 Å². The molecule has 0 aromatic heterocycles. The SMILES string of the molecule is O=C(O)C1=[S+]CNC1C(=O)O. The smallest absolute Gasteiger partial charge is 0.392 e. The maximum atomic E-state index is 10.4. The summed E-state index contributed by atoms with van der Waals surface area (Å²) >= 11 is 1.01. The molecule has 60 valence electrons. The minimum absolute atomic E-state index is 0.0440. The maximum absolute atomic E-state index is 10.4. The van der Waals surface area contributed by atoms with Gasteiger partial charge in [0.2, 0.25) is 17.2 Å². The summed E-state index contributed by atoms with van der Waals surface area (Å²) in [4.78, 5) is 20.7. The highest BCUT2D eigenvalue weighted by atomic mass is 32.1. The highest BCUT2D eigenvalue weighted by molar-refractivity contribution is 7.81. The molecule has 0 spiro atoms. The van der Waals surface area contributed by atoms with Crippen molar-refractivity contribution in [3.05, 3.63) is 0 Å². The highest BCUT2D eigenvalue weighted by Crippen LogP contribution is 1.95. The van der Waals surface area contributed by atoms with E-state index in [4.69, 9.17) is 10.2 Å². The first-order valence-corrected chi connectivity index (χ1v) is 3.80. The lowest BCUT2D eigenvalue weighted by atomic mass is 10.2. The fourth-order valence-electron chi connectivity index (χ4n) is 0.763. The molecule has 0 saturated carbocycles. The van der Waals surface area contributed by atoms with Crippen LogP contribution in [0.25, 0.3) is 0 Å². The third kappa shape index (κ3) is 1.52. The molecule has 1 atom stereocenters. The summed E-state index contributed by atoms with van der Waals surface area (Å²) in [6.07, 6.45) is 0. The van der Waals surface area contributed by atoms with Crippen LogP contribution < -0.4 is 5.32 Å². The second-order valence-electron chi connectivity index (χ2n) is 1.93. The molecule has 0 fully saturated rings. The van der Waals surface area contributed by atoms with Gasteiger partial charge in [0, 0.05) is 0 Å². The van der Waals surface area contributed by atoms with Crippen LogP contribution in [0, 0.1) is 0 Å². The van der Waals surface area contributed by atoms with E-state index in [0.717, 1.165) is 11.4 Å². The van der Waals surface area contributed by atoms with Gasteiger partial charge >= 0.3 is 16.8 Å². The van der Waals surface area contributed by atoms with E-state index >= 15 is 0 Å². The molecule has 11 heavy (non-hydrogen) atoms. The van der Waals surface area contributed by atoms with E-state index in [-0.39, 0.29) is 4.86 Å². The molecule has 6 heteroatoms. The predicted molar refractivity (Wildman–Crippen MR) is 39.4 cm³/mol. The summed E-state index contributed by atoms with van der Waals surface area (Å²) in [5.41, 5.74) is 0. The lowest BCUT2D eigenvalue weighted by molar-refractivity contribution is -0.138. The van der Waals surface area contributed by atoms with Gasteiger partial charge in [-0.05, 0) is 0 Å². The van der Waals surface area contributed by atoms with Crippen LogP contribution in [0.5, 0.6) is 0 Å². The average molecular weight is 176 g/mol. The first kappa shape index (κ1) is 8.09. The van der Waals surface area contributed by atoms with Crippen LogP contribution in [0.4, 0.5) is 0 Å². The summed E-state index contributed by atoms with van der Waals surface area (Å²) in [5, 5.41) is 19.5. The molecule has 0 aliphatic carbocycles. The van der Waals surface area contributed by atoms with Gasteiger partial charge in [0.25, 0.3) is 0 Å². The van der Waals surface area contributed by atoms with Crippen molar-refractivity contribution in [2.45, 2.75) is 6.04 Å². The van der Waals surface area contributed by atoms with Crippen molar-refractivity contribution in [3.63, 3.8) is 0 Å². The van der Waals surface area contributed by atoms with Crippen molar-refractivity contribution in [3.8, 4) is 0 Å². The second kappa shape index (κ2) is 2.93. The van der Waals surface area contributed by atoms with E-state index in [9.17, 15) is 9.59 Å². The van der Waals surface area contributed by atoms with Gasteiger partial charge in [-0.15, -0.1) is 0 Å². The number of rotatable bonds is 2. The van der Waals surface area contributed by atoms with Gasteiger partial charge in [-0.3, -0.25) is 0 Å². The molecular weight excluding hydrogens is 170 g/mol. The number of hydrogen-bond acceptors (Lipinski definition) is 3. The Morgan fingerprint density at radius 3 is 2.55 bits per heavy atom. The van der Waals surface area contributed by atoms with E-state index < -0.39 is 18.0 Å².